The monoisotopic (exact) mass is 377 g/mol. The molecule has 3 aromatic rings. The fourth-order valence-corrected chi connectivity index (χ4v) is 2.78. The molecule has 1 aromatic heterocycles. The smallest absolute Gasteiger partial charge is 0.274 e. The van der Waals surface area contributed by atoms with Crippen LogP contribution in [-0.2, 0) is 0 Å². The predicted molar refractivity (Wildman–Crippen MR) is 110 cm³/mol. The Morgan fingerprint density at radius 3 is 2.43 bits per heavy atom. The summed E-state index contributed by atoms with van der Waals surface area (Å²) in [5.74, 6) is 0.852. The molecule has 0 bridgehead atoms. The summed E-state index contributed by atoms with van der Waals surface area (Å²) in [7, 11) is 3.11. The van der Waals surface area contributed by atoms with Gasteiger partial charge in [-0.1, -0.05) is 30.3 Å². The number of anilines is 2. The van der Waals surface area contributed by atoms with Crippen LogP contribution in [0.1, 0.15) is 29.0 Å². The van der Waals surface area contributed by atoms with Crippen LogP contribution in [0.15, 0.2) is 66.9 Å². The molecular formula is C22H23N3O3. The number of nitrogens with one attached hydrogen (secondary N) is 2. The van der Waals surface area contributed by atoms with Crippen molar-refractivity contribution in [1.29, 1.82) is 0 Å². The third-order valence-electron chi connectivity index (χ3n) is 4.34. The lowest BCUT2D eigenvalue weighted by Crippen LogP contribution is -2.14. The molecule has 3 rings (SSSR count). The van der Waals surface area contributed by atoms with Crippen LogP contribution in [0.3, 0.4) is 0 Å². The summed E-state index contributed by atoms with van der Waals surface area (Å²) in [6, 6.07) is 19.0. The lowest BCUT2D eigenvalue weighted by Gasteiger charge is -2.15. The van der Waals surface area contributed by atoms with E-state index in [-0.39, 0.29) is 11.9 Å². The Balaban J connectivity index is 1.67. The third-order valence-corrected chi connectivity index (χ3v) is 4.34. The summed E-state index contributed by atoms with van der Waals surface area (Å²) < 4.78 is 10.5. The van der Waals surface area contributed by atoms with Crippen LogP contribution >= 0.6 is 0 Å². The molecule has 0 aliphatic heterocycles. The molecule has 0 aliphatic rings. The average molecular weight is 377 g/mol. The van der Waals surface area contributed by atoms with Gasteiger partial charge in [0.2, 0.25) is 0 Å². The van der Waals surface area contributed by atoms with Gasteiger partial charge in [-0.05, 0) is 36.8 Å². The zero-order valence-electron chi connectivity index (χ0n) is 16.1. The number of aromatic nitrogens is 1. The summed E-state index contributed by atoms with van der Waals surface area (Å²) in [6.07, 6.45) is 1.65. The average Bonchev–Trinajstić information content (AvgIpc) is 2.75. The highest BCUT2D eigenvalue weighted by molar-refractivity contribution is 6.03. The van der Waals surface area contributed by atoms with Crippen molar-refractivity contribution in [2.75, 3.05) is 24.9 Å². The first-order valence-corrected chi connectivity index (χ1v) is 8.91. The molecule has 2 N–H and O–H groups in total. The zero-order chi connectivity index (χ0) is 19.9. The molecule has 0 aliphatic carbocycles. The Morgan fingerprint density at radius 1 is 1.00 bits per heavy atom. The van der Waals surface area contributed by atoms with Crippen LogP contribution in [0, 0.1) is 0 Å². The fraction of sp³-hybridized carbons (Fsp3) is 0.182. The van der Waals surface area contributed by atoms with Crippen LogP contribution in [0.4, 0.5) is 11.4 Å². The van der Waals surface area contributed by atoms with E-state index in [1.807, 2.05) is 24.3 Å². The maximum absolute atomic E-state index is 12.5. The van der Waals surface area contributed by atoms with E-state index in [0.717, 1.165) is 5.69 Å². The van der Waals surface area contributed by atoms with Gasteiger partial charge in [0.25, 0.3) is 5.91 Å². The highest BCUT2D eigenvalue weighted by atomic mass is 16.5. The molecule has 1 heterocycles. The highest BCUT2D eigenvalue weighted by Gasteiger charge is 2.12. The second-order valence-corrected chi connectivity index (χ2v) is 6.23. The van der Waals surface area contributed by atoms with E-state index in [1.165, 1.54) is 12.7 Å². The molecule has 144 valence electrons. The topological polar surface area (TPSA) is 72.5 Å². The second kappa shape index (κ2) is 8.90. The van der Waals surface area contributed by atoms with Crippen molar-refractivity contribution in [1.82, 2.24) is 4.98 Å². The van der Waals surface area contributed by atoms with Gasteiger partial charge in [0.1, 0.15) is 17.2 Å². The number of pyridine rings is 1. The first-order valence-electron chi connectivity index (χ1n) is 8.91. The van der Waals surface area contributed by atoms with Crippen LogP contribution in [-0.4, -0.2) is 25.1 Å². The SMILES string of the molecule is COc1ccc(NC(=O)c2ccc(NC(C)c3ccccc3)cn2)c(OC)c1. The summed E-state index contributed by atoms with van der Waals surface area (Å²) in [5, 5.41) is 6.19. The summed E-state index contributed by atoms with van der Waals surface area (Å²) in [6.45, 7) is 2.08. The van der Waals surface area contributed by atoms with Crippen molar-refractivity contribution >= 4 is 17.3 Å². The fourth-order valence-electron chi connectivity index (χ4n) is 2.78. The molecule has 1 atom stereocenters. The van der Waals surface area contributed by atoms with Gasteiger partial charge in [0, 0.05) is 12.1 Å². The van der Waals surface area contributed by atoms with Gasteiger partial charge in [-0.25, -0.2) is 4.98 Å². The molecule has 1 amide bonds. The number of methoxy groups -OCH3 is 2. The number of hydrogen-bond acceptors (Lipinski definition) is 5. The normalized spacial score (nSPS) is 11.4. The molecule has 0 spiro atoms. The number of amides is 1. The van der Waals surface area contributed by atoms with Crippen molar-refractivity contribution in [3.63, 3.8) is 0 Å². The van der Waals surface area contributed by atoms with Gasteiger partial charge >= 0.3 is 0 Å². The van der Waals surface area contributed by atoms with Gasteiger partial charge in [0.05, 0.1) is 31.8 Å². The maximum Gasteiger partial charge on any atom is 0.274 e. The molecular weight excluding hydrogens is 354 g/mol. The number of carbonyl (C=O) groups is 1. The summed E-state index contributed by atoms with van der Waals surface area (Å²) >= 11 is 0. The third kappa shape index (κ3) is 4.59. The Morgan fingerprint density at radius 2 is 1.79 bits per heavy atom. The zero-order valence-corrected chi connectivity index (χ0v) is 16.1. The van der Waals surface area contributed by atoms with Gasteiger partial charge in [-0.2, -0.15) is 0 Å². The van der Waals surface area contributed by atoms with Gasteiger partial charge in [-0.15, -0.1) is 0 Å². The van der Waals surface area contributed by atoms with E-state index in [4.69, 9.17) is 9.47 Å². The second-order valence-electron chi connectivity index (χ2n) is 6.23. The molecule has 0 saturated carbocycles. The van der Waals surface area contributed by atoms with E-state index in [9.17, 15) is 4.79 Å². The van der Waals surface area contributed by atoms with E-state index in [2.05, 4.69) is 34.7 Å². The first-order chi connectivity index (χ1) is 13.6. The largest absolute Gasteiger partial charge is 0.497 e. The van der Waals surface area contributed by atoms with E-state index < -0.39 is 0 Å². The first kappa shape index (κ1) is 19.2. The molecule has 0 saturated heterocycles. The Hall–Kier alpha value is -3.54. The number of rotatable bonds is 7. The minimum atomic E-state index is -0.314. The molecule has 2 aromatic carbocycles. The molecule has 0 fully saturated rings. The Bertz CT molecular complexity index is 928. The molecule has 28 heavy (non-hydrogen) atoms. The lowest BCUT2D eigenvalue weighted by atomic mass is 10.1. The highest BCUT2D eigenvalue weighted by Crippen LogP contribution is 2.29. The summed E-state index contributed by atoms with van der Waals surface area (Å²) in [5.41, 5.74) is 2.89. The van der Waals surface area contributed by atoms with Crippen molar-refractivity contribution in [3.8, 4) is 11.5 Å². The number of benzene rings is 2. The molecule has 1 unspecified atom stereocenters. The van der Waals surface area contributed by atoms with E-state index in [0.29, 0.717) is 22.9 Å². The van der Waals surface area contributed by atoms with Gasteiger partial charge in [0.15, 0.2) is 0 Å². The minimum Gasteiger partial charge on any atom is -0.497 e. The predicted octanol–water partition coefficient (Wildman–Crippen LogP) is 4.52. The van der Waals surface area contributed by atoms with Crippen LogP contribution in [0.25, 0.3) is 0 Å². The van der Waals surface area contributed by atoms with Gasteiger partial charge in [-0.3, -0.25) is 4.79 Å². The standard InChI is InChI=1S/C22H23N3O3/c1-15(16-7-5-4-6-8-16)24-17-9-11-20(23-14-17)22(26)25-19-12-10-18(27-2)13-21(19)28-3/h4-15,24H,1-3H3,(H,25,26). The lowest BCUT2D eigenvalue weighted by molar-refractivity contribution is 0.102. The number of hydrogen-bond donors (Lipinski definition) is 2. The van der Waals surface area contributed by atoms with Crippen molar-refractivity contribution < 1.29 is 14.3 Å². The van der Waals surface area contributed by atoms with Crippen LogP contribution in [0.5, 0.6) is 11.5 Å². The number of nitrogens with zero attached hydrogens (tertiary/aromatic N) is 1. The number of ether oxygens (including phenoxy) is 2. The van der Waals surface area contributed by atoms with E-state index >= 15 is 0 Å². The number of carbonyl (C=O) groups excluding carboxylic acids is 1. The molecule has 0 radical (unpaired) electrons. The quantitative estimate of drug-likeness (QED) is 0.633. The molecule has 6 nitrogen and oxygen atoms in total. The maximum atomic E-state index is 12.5. The Kier molecular flexibility index (Phi) is 6.11. The summed E-state index contributed by atoms with van der Waals surface area (Å²) in [4.78, 5) is 16.8. The van der Waals surface area contributed by atoms with Crippen molar-refractivity contribution in [2.24, 2.45) is 0 Å². The van der Waals surface area contributed by atoms with Crippen LogP contribution in [0.2, 0.25) is 0 Å². The van der Waals surface area contributed by atoms with Gasteiger partial charge < -0.3 is 20.1 Å². The minimum absolute atomic E-state index is 0.131. The van der Waals surface area contributed by atoms with Crippen molar-refractivity contribution in [2.45, 2.75) is 13.0 Å². The Labute approximate surface area is 164 Å². The van der Waals surface area contributed by atoms with Crippen LogP contribution < -0.4 is 20.1 Å². The van der Waals surface area contributed by atoms with Crippen molar-refractivity contribution in [3.05, 3.63) is 78.1 Å². The van der Waals surface area contributed by atoms with E-state index in [1.54, 1.807) is 37.6 Å². The molecule has 6 heteroatoms.